The molecule has 0 aliphatic carbocycles. The first kappa shape index (κ1) is 16.2. The minimum Gasteiger partial charge on any atom is -0.481 e. The number of aromatic nitrogens is 2. The van der Waals surface area contributed by atoms with Crippen molar-refractivity contribution in [1.82, 2.24) is 10.2 Å². The first-order valence-electron chi connectivity index (χ1n) is 7.12. The van der Waals surface area contributed by atoms with Gasteiger partial charge in [0.2, 0.25) is 0 Å². The van der Waals surface area contributed by atoms with Crippen LogP contribution in [0.2, 0.25) is 0 Å². The molecule has 0 atom stereocenters. The Kier molecular flexibility index (Phi) is 4.64. The van der Waals surface area contributed by atoms with Gasteiger partial charge in [0.05, 0.1) is 0 Å². The summed E-state index contributed by atoms with van der Waals surface area (Å²) in [5.74, 6) is -1.19. The molecule has 0 aliphatic heterocycles. The van der Waals surface area contributed by atoms with Crippen LogP contribution in [0.25, 0.3) is 0 Å². The summed E-state index contributed by atoms with van der Waals surface area (Å²) in [4.78, 5) is 10.7. The van der Waals surface area contributed by atoms with Gasteiger partial charge < -0.3 is 14.6 Å². The summed E-state index contributed by atoms with van der Waals surface area (Å²) >= 11 is 0.905. The quantitative estimate of drug-likeness (QED) is 0.664. The monoisotopic (exact) mass is 342 g/mol. The molecule has 1 aromatic heterocycles. The van der Waals surface area contributed by atoms with Crippen LogP contribution in [-0.4, -0.2) is 32.1 Å². The van der Waals surface area contributed by atoms with E-state index >= 15 is 0 Å². The molecule has 3 aromatic rings. The highest BCUT2D eigenvalue weighted by molar-refractivity contribution is 7.99. The average Bonchev–Trinajstić information content (AvgIpc) is 3.10. The van der Waals surface area contributed by atoms with Crippen molar-refractivity contribution in [2.24, 2.45) is 0 Å². The number of carboxylic acids is 1. The van der Waals surface area contributed by atoms with E-state index in [1.165, 1.54) is 0 Å². The second kappa shape index (κ2) is 6.86. The molecular formula is C17H14N2O4S. The summed E-state index contributed by atoms with van der Waals surface area (Å²) in [6, 6.07) is 18.0. The Labute approximate surface area is 142 Å². The summed E-state index contributed by atoms with van der Waals surface area (Å²) in [7, 11) is 0. The SMILES string of the molecule is O=C(O)CSc1nnc(C(O)(c2ccccc2)c2ccccc2)o1. The number of aliphatic carboxylic acids is 1. The van der Waals surface area contributed by atoms with Gasteiger partial charge in [-0.3, -0.25) is 4.79 Å². The first-order chi connectivity index (χ1) is 11.6. The predicted molar refractivity (Wildman–Crippen MR) is 87.6 cm³/mol. The number of carboxylic acid groups (broad SMARTS) is 1. The van der Waals surface area contributed by atoms with Crippen molar-refractivity contribution in [2.45, 2.75) is 10.8 Å². The number of benzene rings is 2. The molecule has 3 rings (SSSR count). The van der Waals surface area contributed by atoms with Gasteiger partial charge in [0.25, 0.3) is 11.1 Å². The molecule has 0 unspecified atom stereocenters. The standard InChI is InChI=1S/C17H14N2O4S/c20-14(21)11-24-16-19-18-15(23-16)17(22,12-7-3-1-4-8-12)13-9-5-2-6-10-13/h1-10,22H,11H2,(H,20,21). The summed E-state index contributed by atoms with van der Waals surface area (Å²) in [6.07, 6.45) is 0. The van der Waals surface area contributed by atoms with Crippen LogP contribution in [0, 0.1) is 0 Å². The Balaban J connectivity index is 2.05. The maximum Gasteiger partial charge on any atom is 0.314 e. The third kappa shape index (κ3) is 3.17. The first-order valence-corrected chi connectivity index (χ1v) is 8.11. The van der Waals surface area contributed by atoms with E-state index in [1.54, 1.807) is 48.5 Å². The van der Waals surface area contributed by atoms with Crippen LogP contribution in [0.3, 0.4) is 0 Å². The fourth-order valence-electron chi connectivity index (χ4n) is 2.31. The minimum absolute atomic E-state index is 0.00668. The Morgan fingerprint density at radius 3 is 2.04 bits per heavy atom. The van der Waals surface area contributed by atoms with Gasteiger partial charge in [-0.25, -0.2) is 0 Å². The zero-order chi connectivity index (χ0) is 17.0. The largest absolute Gasteiger partial charge is 0.481 e. The van der Waals surface area contributed by atoms with Crippen LogP contribution in [0.4, 0.5) is 0 Å². The van der Waals surface area contributed by atoms with Crippen LogP contribution in [0.15, 0.2) is 70.3 Å². The number of hydrogen-bond donors (Lipinski definition) is 2. The molecule has 0 amide bonds. The van der Waals surface area contributed by atoms with E-state index in [4.69, 9.17) is 9.52 Å². The number of rotatable bonds is 6. The van der Waals surface area contributed by atoms with Gasteiger partial charge in [-0.2, -0.15) is 0 Å². The maximum atomic E-state index is 11.4. The van der Waals surface area contributed by atoms with E-state index in [0.717, 1.165) is 11.8 Å². The van der Waals surface area contributed by atoms with Crippen LogP contribution in [0.1, 0.15) is 17.0 Å². The molecule has 0 aliphatic rings. The molecule has 0 bridgehead atoms. The summed E-state index contributed by atoms with van der Waals surface area (Å²) in [5.41, 5.74) is -0.457. The van der Waals surface area contributed by atoms with Crippen molar-refractivity contribution in [2.75, 3.05) is 5.75 Å². The summed E-state index contributed by atoms with van der Waals surface area (Å²) in [5, 5.41) is 28.0. The number of hydrogen-bond acceptors (Lipinski definition) is 6. The molecule has 0 saturated heterocycles. The van der Waals surface area contributed by atoms with Gasteiger partial charge in [0, 0.05) is 0 Å². The Bertz CT molecular complexity index is 781. The third-order valence-electron chi connectivity index (χ3n) is 3.42. The average molecular weight is 342 g/mol. The van der Waals surface area contributed by atoms with Gasteiger partial charge >= 0.3 is 5.97 Å². The van der Waals surface area contributed by atoms with Crippen molar-refractivity contribution in [1.29, 1.82) is 0 Å². The van der Waals surface area contributed by atoms with E-state index in [1.807, 2.05) is 12.1 Å². The normalized spacial score (nSPS) is 11.4. The highest BCUT2D eigenvalue weighted by Gasteiger charge is 2.39. The zero-order valence-electron chi connectivity index (χ0n) is 12.5. The second-order valence-electron chi connectivity index (χ2n) is 5.00. The molecule has 122 valence electrons. The molecule has 2 aromatic carbocycles. The van der Waals surface area contributed by atoms with Gasteiger partial charge in [0.1, 0.15) is 5.75 Å². The summed E-state index contributed by atoms with van der Waals surface area (Å²) in [6.45, 7) is 0. The highest BCUT2D eigenvalue weighted by Crippen LogP contribution is 2.36. The molecular weight excluding hydrogens is 328 g/mol. The second-order valence-corrected chi connectivity index (χ2v) is 5.92. The van der Waals surface area contributed by atoms with Crippen LogP contribution in [0.5, 0.6) is 0 Å². The Morgan fingerprint density at radius 1 is 1.00 bits per heavy atom. The fraction of sp³-hybridized carbons (Fsp3) is 0.118. The number of thioether (sulfide) groups is 1. The number of carbonyl (C=O) groups is 1. The third-order valence-corrected chi connectivity index (χ3v) is 4.22. The lowest BCUT2D eigenvalue weighted by molar-refractivity contribution is -0.133. The van der Waals surface area contributed by atoms with E-state index in [9.17, 15) is 9.90 Å². The van der Waals surface area contributed by atoms with Crippen LogP contribution in [-0.2, 0) is 10.4 Å². The van der Waals surface area contributed by atoms with E-state index < -0.39 is 11.6 Å². The van der Waals surface area contributed by atoms with Crippen molar-refractivity contribution in [3.05, 3.63) is 77.7 Å². The van der Waals surface area contributed by atoms with Crippen molar-refractivity contribution in [3.8, 4) is 0 Å². The molecule has 0 fully saturated rings. The molecule has 0 spiro atoms. The van der Waals surface area contributed by atoms with Crippen molar-refractivity contribution < 1.29 is 19.4 Å². The number of nitrogens with zero attached hydrogens (tertiary/aromatic N) is 2. The lowest BCUT2D eigenvalue weighted by Crippen LogP contribution is -2.29. The van der Waals surface area contributed by atoms with Crippen molar-refractivity contribution in [3.63, 3.8) is 0 Å². The van der Waals surface area contributed by atoms with Crippen LogP contribution >= 0.6 is 11.8 Å². The number of aliphatic hydroxyl groups is 1. The van der Waals surface area contributed by atoms with Crippen molar-refractivity contribution >= 4 is 17.7 Å². The fourth-order valence-corrected chi connectivity index (χ4v) is 2.79. The molecule has 0 radical (unpaired) electrons. The lowest BCUT2D eigenvalue weighted by Gasteiger charge is -2.25. The highest BCUT2D eigenvalue weighted by atomic mass is 32.2. The smallest absolute Gasteiger partial charge is 0.314 e. The van der Waals surface area contributed by atoms with E-state index in [0.29, 0.717) is 11.1 Å². The van der Waals surface area contributed by atoms with Gasteiger partial charge in [-0.1, -0.05) is 72.4 Å². The Hall–Kier alpha value is -2.64. The van der Waals surface area contributed by atoms with E-state index in [-0.39, 0.29) is 16.9 Å². The molecule has 6 nitrogen and oxygen atoms in total. The molecule has 1 heterocycles. The maximum absolute atomic E-state index is 11.4. The van der Waals surface area contributed by atoms with Gasteiger partial charge in [-0.15, -0.1) is 10.2 Å². The van der Waals surface area contributed by atoms with Gasteiger partial charge in [0.15, 0.2) is 5.60 Å². The topological polar surface area (TPSA) is 96.5 Å². The summed E-state index contributed by atoms with van der Waals surface area (Å²) < 4.78 is 5.54. The zero-order valence-corrected chi connectivity index (χ0v) is 13.3. The predicted octanol–water partition coefficient (Wildman–Crippen LogP) is 2.53. The van der Waals surface area contributed by atoms with E-state index in [2.05, 4.69) is 10.2 Å². The Morgan fingerprint density at radius 2 is 1.54 bits per heavy atom. The van der Waals surface area contributed by atoms with Gasteiger partial charge in [-0.05, 0) is 11.1 Å². The molecule has 7 heteroatoms. The molecule has 24 heavy (non-hydrogen) atoms. The molecule has 2 N–H and O–H groups in total. The lowest BCUT2D eigenvalue weighted by atomic mass is 9.86. The molecule has 0 saturated carbocycles. The minimum atomic E-state index is -1.61. The van der Waals surface area contributed by atoms with Crippen LogP contribution < -0.4 is 0 Å².